The standard InChI is InChI=1S/C28H26ClF3N2O5/c1-36-21-5-2-4-17(11-21)27(35)34-7-9-38-26-19(15-34)10-18(12-24(26)39-16-22-6-3-8-37-22)25-23(29)13-20(14-33-25)28(30,31)32/h2,4-5,10-14,22H,3,6-9,15-16H2,1H3. The molecule has 1 fully saturated rings. The van der Waals surface area contributed by atoms with Gasteiger partial charge in [0.15, 0.2) is 11.5 Å². The summed E-state index contributed by atoms with van der Waals surface area (Å²) in [5.41, 5.74) is 0.718. The van der Waals surface area contributed by atoms with Crippen molar-refractivity contribution in [1.82, 2.24) is 9.88 Å². The summed E-state index contributed by atoms with van der Waals surface area (Å²) < 4.78 is 62.7. The Kier molecular flexibility index (Phi) is 7.86. The van der Waals surface area contributed by atoms with Gasteiger partial charge in [0.1, 0.15) is 19.0 Å². The summed E-state index contributed by atoms with van der Waals surface area (Å²) in [6.45, 7) is 1.64. The number of alkyl halides is 3. The van der Waals surface area contributed by atoms with E-state index in [0.29, 0.717) is 47.1 Å². The Hall–Kier alpha value is -3.50. The van der Waals surface area contributed by atoms with Crippen LogP contribution in [-0.2, 0) is 17.5 Å². The number of rotatable bonds is 6. The van der Waals surface area contributed by atoms with Crippen LogP contribution in [0.4, 0.5) is 13.2 Å². The third kappa shape index (κ3) is 6.07. The lowest BCUT2D eigenvalue weighted by Crippen LogP contribution is -2.32. The van der Waals surface area contributed by atoms with E-state index in [0.717, 1.165) is 25.1 Å². The Balaban J connectivity index is 1.51. The van der Waals surface area contributed by atoms with E-state index in [1.165, 1.54) is 7.11 Å². The van der Waals surface area contributed by atoms with Crippen molar-refractivity contribution in [2.24, 2.45) is 0 Å². The number of fused-ring (bicyclic) bond motifs is 1. The van der Waals surface area contributed by atoms with Crippen molar-refractivity contribution in [1.29, 1.82) is 0 Å². The number of halogens is 4. The molecule has 0 spiro atoms. The number of ether oxygens (including phenoxy) is 4. The lowest BCUT2D eigenvalue weighted by Gasteiger charge is -2.21. The number of pyridine rings is 1. The number of hydrogen-bond donors (Lipinski definition) is 0. The van der Waals surface area contributed by atoms with Gasteiger partial charge in [-0.05, 0) is 49.2 Å². The molecule has 1 unspecified atom stereocenters. The smallest absolute Gasteiger partial charge is 0.417 e. The fourth-order valence-electron chi connectivity index (χ4n) is 4.60. The molecule has 0 aliphatic carbocycles. The SMILES string of the molecule is COc1cccc(C(=O)N2CCOc3c(cc(-c4ncc(C(F)(F)F)cc4Cl)cc3OCC3CCCO3)C2)c1. The molecular formula is C28H26ClF3N2O5. The molecule has 7 nitrogen and oxygen atoms in total. The van der Waals surface area contributed by atoms with Gasteiger partial charge in [0.2, 0.25) is 0 Å². The summed E-state index contributed by atoms with van der Waals surface area (Å²) in [6.07, 6.45) is -2.11. The van der Waals surface area contributed by atoms with Crippen LogP contribution < -0.4 is 14.2 Å². The summed E-state index contributed by atoms with van der Waals surface area (Å²) in [4.78, 5) is 19.0. The number of hydrogen-bond acceptors (Lipinski definition) is 6. The number of amides is 1. The van der Waals surface area contributed by atoms with Crippen LogP contribution in [0.25, 0.3) is 11.3 Å². The molecule has 0 radical (unpaired) electrons. The van der Waals surface area contributed by atoms with E-state index in [4.69, 9.17) is 30.5 Å². The van der Waals surface area contributed by atoms with E-state index in [1.807, 2.05) is 0 Å². The lowest BCUT2D eigenvalue weighted by molar-refractivity contribution is -0.137. The fraction of sp³-hybridized carbons (Fsp3) is 0.357. The highest BCUT2D eigenvalue weighted by Crippen LogP contribution is 2.41. The van der Waals surface area contributed by atoms with Crippen molar-refractivity contribution in [3.8, 4) is 28.5 Å². The Morgan fingerprint density at radius 2 is 2.05 bits per heavy atom. The van der Waals surface area contributed by atoms with Crippen molar-refractivity contribution < 1.29 is 36.9 Å². The van der Waals surface area contributed by atoms with Gasteiger partial charge in [-0.1, -0.05) is 17.7 Å². The Bertz CT molecular complexity index is 1360. The van der Waals surface area contributed by atoms with Gasteiger partial charge in [0, 0.05) is 36.0 Å². The minimum Gasteiger partial charge on any atom is -0.497 e. The topological polar surface area (TPSA) is 70.1 Å². The molecule has 1 aromatic heterocycles. The summed E-state index contributed by atoms with van der Waals surface area (Å²) >= 11 is 6.28. The summed E-state index contributed by atoms with van der Waals surface area (Å²) in [5.74, 6) is 1.18. The minimum atomic E-state index is -4.58. The van der Waals surface area contributed by atoms with Gasteiger partial charge in [-0.15, -0.1) is 0 Å². The van der Waals surface area contributed by atoms with Crippen LogP contribution in [0.1, 0.15) is 34.3 Å². The first-order chi connectivity index (χ1) is 18.7. The van der Waals surface area contributed by atoms with Crippen molar-refractivity contribution in [2.75, 3.05) is 33.5 Å². The van der Waals surface area contributed by atoms with Gasteiger partial charge in [0.05, 0.1) is 36.0 Å². The molecule has 39 heavy (non-hydrogen) atoms. The molecule has 11 heteroatoms. The number of benzene rings is 2. The van der Waals surface area contributed by atoms with Crippen LogP contribution in [0.5, 0.6) is 17.2 Å². The highest BCUT2D eigenvalue weighted by Gasteiger charge is 2.32. The number of nitrogens with zero attached hydrogens (tertiary/aromatic N) is 2. The van der Waals surface area contributed by atoms with Crippen LogP contribution in [0.15, 0.2) is 48.7 Å². The number of carbonyl (C=O) groups excluding carboxylic acids is 1. The molecule has 1 atom stereocenters. The number of methoxy groups -OCH3 is 1. The first-order valence-corrected chi connectivity index (χ1v) is 12.8. The number of carbonyl (C=O) groups is 1. The van der Waals surface area contributed by atoms with Gasteiger partial charge in [-0.2, -0.15) is 13.2 Å². The molecule has 5 rings (SSSR count). The van der Waals surface area contributed by atoms with Crippen LogP contribution in [0.3, 0.4) is 0 Å². The normalized spacial score (nSPS) is 17.3. The van der Waals surface area contributed by atoms with E-state index < -0.39 is 11.7 Å². The maximum absolute atomic E-state index is 13.4. The second kappa shape index (κ2) is 11.3. The summed E-state index contributed by atoms with van der Waals surface area (Å²) in [6, 6.07) is 11.1. The van der Waals surface area contributed by atoms with E-state index in [9.17, 15) is 18.0 Å². The summed E-state index contributed by atoms with van der Waals surface area (Å²) in [7, 11) is 1.53. The van der Waals surface area contributed by atoms with Crippen molar-refractivity contribution in [3.05, 3.63) is 70.4 Å². The zero-order valence-electron chi connectivity index (χ0n) is 21.1. The van der Waals surface area contributed by atoms with E-state index >= 15 is 0 Å². The van der Waals surface area contributed by atoms with Crippen LogP contribution in [0, 0.1) is 0 Å². The molecule has 0 bridgehead atoms. The molecule has 3 heterocycles. The van der Waals surface area contributed by atoms with Crippen molar-refractivity contribution in [2.45, 2.75) is 31.7 Å². The quantitative estimate of drug-likeness (QED) is 0.366. The van der Waals surface area contributed by atoms with Crippen LogP contribution in [0.2, 0.25) is 5.02 Å². The highest BCUT2D eigenvalue weighted by molar-refractivity contribution is 6.33. The average molecular weight is 563 g/mol. The Labute approximate surface area is 228 Å². The van der Waals surface area contributed by atoms with Crippen molar-refractivity contribution in [3.63, 3.8) is 0 Å². The molecular weight excluding hydrogens is 537 g/mol. The first-order valence-electron chi connectivity index (χ1n) is 12.4. The molecule has 206 valence electrons. The lowest BCUT2D eigenvalue weighted by atomic mass is 10.0. The maximum atomic E-state index is 13.4. The zero-order valence-corrected chi connectivity index (χ0v) is 21.8. The first kappa shape index (κ1) is 27.1. The molecule has 2 aliphatic heterocycles. The van der Waals surface area contributed by atoms with E-state index in [2.05, 4.69) is 4.98 Å². The molecule has 0 saturated carbocycles. The monoisotopic (exact) mass is 562 g/mol. The maximum Gasteiger partial charge on any atom is 0.417 e. The Morgan fingerprint density at radius 3 is 2.77 bits per heavy atom. The van der Waals surface area contributed by atoms with Crippen LogP contribution >= 0.6 is 11.6 Å². The number of aromatic nitrogens is 1. The third-order valence-electron chi connectivity index (χ3n) is 6.60. The Morgan fingerprint density at radius 1 is 1.21 bits per heavy atom. The average Bonchev–Trinajstić information content (AvgIpc) is 3.35. The zero-order chi connectivity index (χ0) is 27.6. The second-order valence-electron chi connectivity index (χ2n) is 9.27. The minimum absolute atomic E-state index is 0.0750. The molecule has 1 saturated heterocycles. The van der Waals surface area contributed by atoms with Crippen molar-refractivity contribution >= 4 is 17.5 Å². The van der Waals surface area contributed by atoms with Gasteiger partial charge in [-0.25, -0.2) is 0 Å². The van der Waals surface area contributed by atoms with Gasteiger partial charge < -0.3 is 23.8 Å². The molecule has 0 N–H and O–H groups in total. The highest BCUT2D eigenvalue weighted by atomic mass is 35.5. The predicted octanol–water partition coefficient (Wildman–Crippen LogP) is 6.02. The van der Waals surface area contributed by atoms with Gasteiger partial charge >= 0.3 is 6.18 Å². The fourth-order valence-corrected chi connectivity index (χ4v) is 4.88. The second-order valence-corrected chi connectivity index (χ2v) is 9.68. The predicted molar refractivity (Wildman–Crippen MR) is 137 cm³/mol. The molecule has 3 aromatic rings. The van der Waals surface area contributed by atoms with E-state index in [1.54, 1.807) is 41.3 Å². The largest absolute Gasteiger partial charge is 0.497 e. The third-order valence-corrected chi connectivity index (χ3v) is 6.88. The summed E-state index contributed by atoms with van der Waals surface area (Å²) in [5, 5.41) is -0.159. The molecule has 2 aliphatic rings. The van der Waals surface area contributed by atoms with Gasteiger partial charge in [-0.3, -0.25) is 9.78 Å². The van der Waals surface area contributed by atoms with Gasteiger partial charge in [0.25, 0.3) is 5.91 Å². The molecule has 2 aromatic carbocycles. The van der Waals surface area contributed by atoms with Crippen LogP contribution in [-0.4, -0.2) is 55.4 Å². The molecule has 1 amide bonds. The van der Waals surface area contributed by atoms with E-state index in [-0.39, 0.29) is 42.5 Å².